The highest BCUT2D eigenvalue weighted by atomic mass is 16.5. The Morgan fingerprint density at radius 1 is 1.14 bits per heavy atom. The van der Waals surface area contributed by atoms with Gasteiger partial charge in [-0.25, -0.2) is 0 Å². The molecule has 1 aromatic rings. The molecule has 3 aliphatic rings. The number of carbonyl (C=O) groups is 1. The van der Waals surface area contributed by atoms with Gasteiger partial charge in [0.15, 0.2) is 0 Å². The zero-order chi connectivity index (χ0) is 20.3. The van der Waals surface area contributed by atoms with E-state index in [-0.39, 0.29) is 5.91 Å². The van der Waals surface area contributed by atoms with Gasteiger partial charge in [0.05, 0.1) is 0 Å². The minimum absolute atomic E-state index is 0.263. The molecular formula is C25H38N2O2. The van der Waals surface area contributed by atoms with Gasteiger partial charge in [-0.2, -0.15) is 0 Å². The number of hydrogen-bond donors (Lipinski definition) is 1. The topological polar surface area (TPSA) is 41.6 Å². The second kappa shape index (κ2) is 9.18. The van der Waals surface area contributed by atoms with Crippen molar-refractivity contribution in [1.82, 2.24) is 10.2 Å². The summed E-state index contributed by atoms with van der Waals surface area (Å²) in [7, 11) is 0. The summed E-state index contributed by atoms with van der Waals surface area (Å²) >= 11 is 0. The van der Waals surface area contributed by atoms with Gasteiger partial charge in [0.2, 0.25) is 5.91 Å². The van der Waals surface area contributed by atoms with E-state index in [0.29, 0.717) is 29.7 Å². The molecule has 160 valence electrons. The second-order valence-electron chi connectivity index (χ2n) is 10.1. The van der Waals surface area contributed by atoms with Crippen molar-refractivity contribution in [1.29, 1.82) is 0 Å². The van der Waals surface area contributed by atoms with Gasteiger partial charge >= 0.3 is 0 Å². The van der Waals surface area contributed by atoms with Gasteiger partial charge < -0.3 is 10.1 Å². The van der Waals surface area contributed by atoms with Crippen LogP contribution in [0.4, 0.5) is 0 Å². The molecule has 4 heteroatoms. The number of likely N-dealkylation sites (tertiary alicyclic amines) is 1. The van der Waals surface area contributed by atoms with Crippen LogP contribution in [0, 0.1) is 11.3 Å². The molecule has 3 fully saturated rings. The van der Waals surface area contributed by atoms with E-state index in [0.717, 1.165) is 32.6 Å². The van der Waals surface area contributed by atoms with Crippen LogP contribution >= 0.6 is 0 Å². The van der Waals surface area contributed by atoms with Crippen molar-refractivity contribution in [2.75, 3.05) is 26.3 Å². The lowest BCUT2D eigenvalue weighted by molar-refractivity contribution is -0.125. The maximum absolute atomic E-state index is 12.3. The first-order valence-corrected chi connectivity index (χ1v) is 11.7. The van der Waals surface area contributed by atoms with E-state index >= 15 is 0 Å². The van der Waals surface area contributed by atoms with Crippen molar-refractivity contribution < 1.29 is 9.53 Å². The number of nitrogens with one attached hydrogen (secondary N) is 1. The molecule has 0 unspecified atom stereocenters. The first-order chi connectivity index (χ1) is 14.0. The Balaban J connectivity index is 1.16. The third kappa shape index (κ3) is 5.40. The summed E-state index contributed by atoms with van der Waals surface area (Å²) in [6, 6.07) is 9.58. The smallest absolute Gasteiger partial charge is 0.220 e. The molecule has 1 saturated carbocycles. The lowest BCUT2D eigenvalue weighted by Crippen LogP contribution is -2.54. The molecule has 0 bridgehead atoms. The quantitative estimate of drug-likeness (QED) is 0.768. The van der Waals surface area contributed by atoms with Gasteiger partial charge in [0.25, 0.3) is 0 Å². The zero-order valence-corrected chi connectivity index (χ0v) is 18.3. The average Bonchev–Trinajstić information content (AvgIpc) is 2.69. The molecule has 0 radical (unpaired) electrons. The molecule has 0 aromatic heterocycles. The molecular weight excluding hydrogens is 360 g/mol. The van der Waals surface area contributed by atoms with Crippen LogP contribution < -0.4 is 5.32 Å². The number of hydrogen-bond acceptors (Lipinski definition) is 3. The summed E-state index contributed by atoms with van der Waals surface area (Å²) in [6.45, 7) is 9.59. The molecule has 29 heavy (non-hydrogen) atoms. The number of amides is 1. The maximum Gasteiger partial charge on any atom is 0.220 e. The van der Waals surface area contributed by atoms with Crippen LogP contribution in [0.5, 0.6) is 0 Å². The molecule has 0 atom stereocenters. The van der Waals surface area contributed by atoms with E-state index in [1.54, 1.807) is 0 Å². The minimum Gasteiger partial charge on any atom is -0.381 e. The van der Waals surface area contributed by atoms with Crippen molar-refractivity contribution in [3.63, 3.8) is 0 Å². The van der Waals surface area contributed by atoms with Crippen molar-refractivity contribution in [2.24, 2.45) is 11.3 Å². The van der Waals surface area contributed by atoms with Crippen molar-refractivity contribution >= 4 is 5.91 Å². The van der Waals surface area contributed by atoms with Gasteiger partial charge in [-0.1, -0.05) is 38.1 Å². The molecule has 4 rings (SSSR count). The molecule has 1 N–H and O–H groups in total. The van der Waals surface area contributed by atoms with E-state index in [4.69, 9.17) is 4.74 Å². The fraction of sp³-hybridized carbons (Fsp3) is 0.720. The summed E-state index contributed by atoms with van der Waals surface area (Å²) in [5.41, 5.74) is 3.34. The first kappa shape index (κ1) is 20.9. The van der Waals surface area contributed by atoms with Crippen LogP contribution in [0.2, 0.25) is 0 Å². The van der Waals surface area contributed by atoms with Crippen molar-refractivity contribution in [3.05, 3.63) is 35.4 Å². The highest BCUT2D eigenvalue weighted by molar-refractivity contribution is 5.76. The van der Waals surface area contributed by atoms with E-state index in [9.17, 15) is 4.79 Å². The normalized spacial score (nSPS) is 23.3. The fourth-order valence-corrected chi connectivity index (χ4v) is 5.45. The molecule has 1 spiro atoms. The van der Waals surface area contributed by atoms with Gasteiger partial charge in [-0.15, -0.1) is 0 Å². The van der Waals surface area contributed by atoms with Gasteiger partial charge in [-0.3, -0.25) is 9.69 Å². The maximum atomic E-state index is 12.3. The average molecular weight is 399 g/mol. The summed E-state index contributed by atoms with van der Waals surface area (Å²) in [5.74, 6) is 1.39. The molecule has 4 nitrogen and oxygen atoms in total. The van der Waals surface area contributed by atoms with Crippen molar-refractivity contribution in [2.45, 2.75) is 77.3 Å². The predicted molar refractivity (Wildman–Crippen MR) is 117 cm³/mol. The molecule has 2 aliphatic heterocycles. The van der Waals surface area contributed by atoms with E-state index in [1.165, 1.54) is 49.9 Å². The van der Waals surface area contributed by atoms with E-state index < -0.39 is 0 Å². The molecule has 1 aliphatic carbocycles. The Hall–Kier alpha value is -1.39. The summed E-state index contributed by atoms with van der Waals surface area (Å²) in [4.78, 5) is 15.0. The third-order valence-corrected chi connectivity index (χ3v) is 7.51. The lowest BCUT2D eigenvalue weighted by Gasteiger charge is -2.52. The molecule has 1 aromatic carbocycles. The number of carbonyl (C=O) groups excluding carboxylic acids is 1. The largest absolute Gasteiger partial charge is 0.381 e. The van der Waals surface area contributed by atoms with Crippen LogP contribution in [0.25, 0.3) is 0 Å². The Morgan fingerprint density at radius 3 is 2.41 bits per heavy atom. The second-order valence-corrected chi connectivity index (χ2v) is 10.1. The Bertz CT molecular complexity index is 663. The molecule has 1 amide bonds. The van der Waals surface area contributed by atoms with Crippen LogP contribution in [-0.4, -0.2) is 43.2 Å². The number of benzene rings is 1. The highest BCUT2D eigenvalue weighted by Crippen LogP contribution is 2.49. The van der Waals surface area contributed by atoms with Gasteiger partial charge in [0.1, 0.15) is 0 Å². The first-order valence-electron chi connectivity index (χ1n) is 11.7. The minimum atomic E-state index is 0.263. The number of ether oxygens (including phenoxy) is 1. The standard InChI is InChI=1S/C25H38N2O2/c1-19(2)22-5-3-21(4-6-22)18-27-11-9-25(10-12-27)16-23(17-25)26-24(28)15-20-7-13-29-14-8-20/h3-6,19-20,23H,7-18H2,1-2H3,(H,26,28). The molecule has 2 saturated heterocycles. The fourth-order valence-electron chi connectivity index (χ4n) is 5.45. The van der Waals surface area contributed by atoms with Crippen LogP contribution in [0.1, 0.15) is 75.8 Å². The Kier molecular flexibility index (Phi) is 6.60. The number of rotatable bonds is 6. The van der Waals surface area contributed by atoms with Gasteiger partial charge in [-0.05, 0) is 80.0 Å². The van der Waals surface area contributed by atoms with Crippen LogP contribution in [0.3, 0.4) is 0 Å². The van der Waals surface area contributed by atoms with Crippen LogP contribution in [0.15, 0.2) is 24.3 Å². The third-order valence-electron chi connectivity index (χ3n) is 7.51. The molecule has 2 heterocycles. The SMILES string of the molecule is CC(C)c1ccc(CN2CCC3(CC2)CC(NC(=O)CC2CCOCC2)C3)cc1. The number of nitrogens with zero attached hydrogens (tertiary/aromatic N) is 1. The summed E-state index contributed by atoms with van der Waals surface area (Å²) in [5, 5.41) is 3.31. The summed E-state index contributed by atoms with van der Waals surface area (Å²) < 4.78 is 5.39. The monoisotopic (exact) mass is 398 g/mol. The lowest BCUT2D eigenvalue weighted by atomic mass is 9.60. The Morgan fingerprint density at radius 2 is 1.79 bits per heavy atom. The number of piperidine rings is 1. The van der Waals surface area contributed by atoms with Crippen LogP contribution in [-0.2, 0) is 16.1 Å². The van der Waals surface area contributed by atoms with E-state index in [1.807, 2.05) is 0 Å². The zero-order valence-electron chi connectivity index (χ0n) is 18.3. The van der Waals surface area contributed by atoms with E-state index in [2.05, 4.69) is 48.3 Å². The Labute approximate surface area is 176 Å². The highest BCUT2D eigenvalue weighted by Gasteiger charge is 2.46. The van der Waals surface area contributed by atoms with Crippen molar-refractivity contribution in [3.8, 4) is 0 Å². The van der Waals surface area contributed by atoms with Gasteiger partial charge in [0, 0.05) is 32.2 Å². The summed E-state index contributed by atoms with van der Waals surface area (Å²) in [6.07, 6.45) is 7.70. The predicted octanol–water partition coefficient (Wildman–Crippen LogP) is 4.49.